The number of H-pyrrole nitrogens is 1. The van der Waals surface area contributed by atoms with Crippen molar-refractivity contribution in [2.45, 2.75) is 31.1 Å². The number of nitrogens with one attached hydrogen (secondary N) is 1. The fourth-order valence-electron chi connectivity index (χ4n) is 3.47. The molecule has 0 unspecified atom stereocenters. The lowest BCUT2D eigenvalue weighted by molar-refractivity contribution is 0.0739. The predicted molar refractivity (Wildman–Crippen MR) is 105 cm³/mol. The zero-order valence-electron chi connectivity index (χ0n) is 15.7. The summed E-state index contributed by atoms with van der Waals surface area (Å²) < 4.78 is 27.8. The molecule has 0 saturated carbocycles. The summed E-state index contributed by atoms with van der Waals surface area (Å²) >= 11 is 0. The first kappa shape index (κ1) is 18.1. The molecule has 9 heteroatoms. The average Bonchev–Trinajstić information content (AvgIpc) is 3.22. The van der Waals surface area contributed by atoms with Gasteiger partial charge in [0.1, 0.15) is 11.2 Å². The van der Waals surface area contributed by atoms with Crippen LogP contribution in [-0.2, 0) is 15.6 Å². The summed E-state index contributed by atoms with van der Waals surface area (Å²) in [5, 5.41) is 5.53. The number of sulfonamides is 1. The predicted octanol–water partition coefficient (Wildman–Crippen LogP) is 1.52. The molecule has 4 heterocycles. The van der Waals surface area contributed by atoms with E-state index in [2.05, 4.69) is 15.1 Å². The molecule has 1 aliphatic rings. The minimum Gasteiger partial charge on any atom is -0.346 e. The zero-order chi connectivity index (χ0) is 19.4. The minimum atomic E-state index is -3.37. The number of aromatic nitrogens is 4. The molecule has 0 radical (unpaired) electrons. The van der Waals surface area contributed by atoms with Crippen molar-refractivity contribution in [3.8, 4) is 11.1 Å². The third kappa shape index (κ3) is 2.69. The molecule has 3 aromatic rings. The molecular weight excluding hydrogens is 364 g/mol. The molecule has 0 atom stereocenters. The van der Waals surface area contributed by atoms with Gasteiger partial charge in [-0.1, -0.05) is 0 Å². The Labute approximate surface area is 158 Å². The lowest BCUT2D eigenvalue weighted by Gasteiger charge is -2.50. The molecule has 144 valence electrons. The minimum absolute atomic E-state index is 0.320. The number of hydrogen-bond acceptors (Lipinski definition) is 5. The second-order valence-corrected chi connectivity index (χ2v) is 10.8. The molecule has 0 amide bonds. The highest BCUT2D eigenvalue weighted by atomic mass is 32.2. The maximum Gasteiger partial charge on any atom is 0.219 e. The molecule has 8 nitrogen and oxygen atoms in total. The molecular formula is C18H24N6O2S. The van der Waals surface area contributed by atoms with Crippen LogP contribution in [0, 0.1) is 0 Å². The number of hydrogen-bond donors (Lipinski definition) is 2. The average molecular weight is 388 g/mol. The standard InChI is InChI=1S/C18H24N6O2S/c1-17(2,3)27(25,26)23-11-18(10-19,12-23)24-9-13(8-22-24)14-4-6-20-16-15(14)5-7-21-16/h4-9H,10-12,19H2,1-3H3,(H,20,21). The van der Waals surface area contributed by atoms with E-state index in [1.807, 2.05) is 29.2 Å². The van der Waals surface area contributed by atoms with Crippen LogP contribution in [0.2, 0.25) is 0 Å². The highest BCUT2D eigenvalue weighted by Crippen LogP contribution is 2.36. The second-order valence-electron chi connectivity index (χ2n) is 8.09. The van der Waals surface area contributed by atoms with Gasteiger partial charge in [0, 0.05) is 49.2 Å². The normalized spacial score (nSPS) is 17.9. The summed E-state index contributed by atoms with van der Waals surface area (Å²) in [6.07, 6.45) is 7.34. The van der Waals surface area contributed by atoms with Gasteiger partial charge in [-0.2, -0.15) is 9.40 Å². The van der Waals surface area contributed by atoms with E-state index in [4.69, 9.17) is 5.73 Å². The van der Waals surface area contributed by atoms with Crippen molar-refractivity contribution in [3.63, 3.8) is 0 Å². The third-order valence-electron chi connectivity index (χ3n) is 5.27. The SMILES string of the molecule is CC(C)(C)S(=O)(=O)N1CC(CN)(n2cc(-c3ccnc4[nH]ccc34)cn2)C1. The Balaban J connectivity index is 1.64. The highest BCUT2D eigenvalue weighted by molar-refractivity contribution is 7.90. The van der Waals surface area contributed by atoms with Gasteiger partial charge in [-0.15, -0.1) is 0 Å². The number of nitrogens with zero attached hydrogens (tertiary/aromatic N) is 4. The van der Waals surface area contributed by atoms with Crippen LogP contribution in [0.25, 0.3) is 22.2 Å². The Morgan fingerprint density at radius 1 is 1.30 bits per heavy atom. The van der Waals surface area contributed by atoms with E-state index in [-0.39, 0.29) is 0 Å². The number of nitrogens with two attached hydrogens (primary N) is 1. The van der Waals surface area contributed by atoms with E-state index in [0.717, 1.165) is 22.2 Å². The van der Waals surface area contributed by atoms with Crippen LogP contribution >= 0.6 is 0 Å². The van der Waals surface area contributed by atoms with Crippen LogP contribution in [0.15, 0.2) is 36.9 Å². The van der Waals surface area contributed by atoms with Gasteiger partial charge >= 0.3 is 0 Å². The molecule has 1 fully saturated rings. The van der Waals surface area contributed by atoms with Gasteiger partial charge in [0.25, 0.3) is 0 Å². The van der Waals surface area contributed by atoms with Gasteiger partial charge in [-0.25, -0.2) is 13.4 Å². The Morgan fingerprint density at radius 3 is 2.70 bits per heavy atom. The molecule has 27 heavy (non-hydrogen) atoms. The molecule has 1 aliphatic heterocycles. The van der Waals surface area contributed by atoms with Gasteiger partial charge in [-0.05, 0) is 38.5 Å². The van der Waals surface area contributed by atoms with Crippen LogP contribution < -0.4 is 5.73 Å². The first-order valence-electron chi connectivity index (χ1n) is 8.85. The van der Waals surface area contributed by atoms with Crippen molar-refractivity contribution >= 4 is 21.1 Å². The quantitative estimate of drug-likeness (QED) is 0.704. The van der Waals surface area contributed by atoms with E-state index < -0.39 is 20.3 Å². The number of aromatic amines is 1. The molecule has 0 aromatic carbocycles. The van der Waals surface area contributed by atoms with Crippen molar-refractivity contribution in [1.29, 1.82) is 0 Å². The van der Waals surface area contributed by atoms with Gasteiger partial charge < -0.3 is 10.7 Å². The maximum atomic E-state index is 12.7. The van der Waals surface area contributed by atoms with Crippen LogP contribution in [0.1, 0.15) is 20.8 Å². The zero-order valence-corrected chi connectivity index (χ0v) is 16.5. The van der Waals surface area contributed by atoms with E-state index >= 15 is 0 Å². The summed E-state index contributed by atoms with van der Waals surface area (Å²) in [7, 11) is -3.37. The fourth-order valence-corrected chi connectivity index (χ4v) is 5.06. The molecule has 1 saturated heterocycles. The molecule has 0 spiro atoms. The van der Waals surface area contributed by atoms with E-state index in [1.165, 1.54) is 4.31 Å². The maximum absolute atomic E-state index is 12.7. The fraction of sp³-hybridized carbons (Fsp3) is 0.444. The van der Waals surface area contributed by atoms with E-state index in [0.29, 0.717) is 19.6 Å². The van der Waals surface area contributed by atoms with Crippen molar-refractivity contribution in [1.82, 2.24) is 24.1 Å². The van der Waals surface area contributed by atoms with E-state index in [9.17, 15) is 8.42 Å². The lowest BCUT2D eigenvalue weighted by atomic mass is 9.93. The molecule has 0 aliphatic carbocycles. The molecule has 3 N–H and O–H groups in total. The smallest absolute Gasteiger partial charge is 0.219 e. The van der Waals surface area contributed by atoms with Gasteiger partial charge in [0.2, 0.25) is 10.0 Å². The van der Waals surface area contributed by atoms with Crippen LogP contribution in [-0.4, -0.2) is 56.9 Å². The Morgan fingerprint density at radius 2 is 2.04 bits per heavy atom. The highest BCUT2D eigenvalue weighted by Gasteiger charge is 2.52. The molecule has 3 aromatic heterocycles. The van der Waals surface area contributed by atoms with Gasteiger partial charge in [0.05, 0.1) is 10.9 Å². The van der Waals surface area contributed by atoms with E-state index in [1.54, 1.807) is 33.2 Å². The van der Waals surface area contributed by atoms with Crippen LogP contribution in [0.3, 0.4) is 0 Å². The summed E-state index contributed by atoms with van der Waals surface area (Å²) in [6, 6.07) is 3.93. The largest absolute Gasteiger partial charge is 0.346 e. The number of pyridine rings is 1. The van der Waals surface area contributed by atoms with Gasteiger partial charge in [0.15, 0.2) is 0 Å². The first-order valence-corrected chi connectivity index (χ1v) is 10.3. The molecule has 0 bridgehead atoms. The lowest BCUT2D eigenvalue weighted by Crippen LogP contribution is -2.69. The monoisotopic (exact) mass is 388 g/mol. The van der Waals surface area contributed by atoms with Gasteiger partial charge in [-0.3, -0.25) is 4.68 Å². The Kier molecular flexibility index (Phi) is 3.95. The summed E-state index contributed by atoms with van der Waals surface area (Å²) in [5.41, 5.74) is 8.32. The summed E-state index contributed by atoms with van der Waals surface area (Å²) in [4.78, 5) is 7.42. The summed E-state index contributed by atoms with van der Waals surface area (Å²) in [5.74, 6) is 0. The Bertz CT molecular complexity index is 1090. The van der Waals surface area contributed by atoms with Crippen molar-refractivity contribution in [2.24, 2.45) is 5.73 Å². The van der Waals surface area contributed by atoms with Crippen LogP contribution in [0.4, 0.5) is 0 Å². The topological polar surface area (TPSA) is 110 Å². The van der Waals surface area contributed by atoms with Crippen LogP contribution in [0.5, 0.6) is 0 Å². The second kappa shape index (κ2) is 5.88. The van der Waals surface area contributed by atoms with Crippen molar-refractivity contribution in [2.75, 3.05) is 19.6 Å². The third-order valence-corrected chi connectivity index (χ3v) is 7.76. The summed E-state index contributed by atoms with van der Waals surface area (Å²) in [6.45, 7) is 6.12. The van der Waals surface area contributed by atoms with Crippen molar-refractivity contribution in [3.05, 3.63) is 36.9 Å². The molecule has 4 rings (SSSR count). The number of fused-ring (bicyclic) bond motifs is 1. The first-order chi connectivity index (χ1) is 12.7. The van der Waals surface area contributed by atoms with Crippen molar-refractivity contribution < 1.29 is 8.42 Å². The Hall–Kier alpha value is -2.23. The number of rotatable bonds is 4.